The zero-order valence-corrected chi connectivity index (χ0v) is 14.3. The number of rotatable bonds is 7. The Hall–Kier alpha value is -1.07. The van der Waals surface area contributed by atoms with Gasteiger partial charge in [-0.1, -0.05) is 26.2 Å². The third-order valence-electron chi connectivity index (χ3n) is 3.46. The van der Waals surface area contributed by atoms with Crippen molar-refractivity contribution in [1.29, 1.82) is 0 Å². The van der Waals surface area contributed by atoms with E-state index in [0.717, 1.165) is 31.2 Å². The van der Waals surface area contributed by atoms with E-state index >= 15 is 0 Å². The van der Waals surface area contributed by atoms with Crippen molar-refractivity contribution >= 4 is 25.6 Å². The Labute approximate surface area is 131 Å². The van der Waals surface area contributed by atoms with Crippen molar-refractivity contribution in [3.8, 4) is 0 Å². The third-order valence-corrected chi connectivity index (χ3v) is 4.91. The number of carbonyl (C=O) groups is 1. The number of nitrogens with one attached hydrogen (secondary N) is 1. The Bertz CT molecular complexity index is 612. The number of aryl methyl sites for hydroxylation is 1. The summed E-state index contributed by atoms with van der Waals surface area (Å²) >= 11 is 0. The molecule has 0 aliphatic carbocycles. The van der Waals surface area contributed by atoms with E-state index in [0.29, 0.717) is 17.7 Å². The Kier molecular flexibility index (Phi) is 6.68. The van der Waals surface area contributed by atoms with Gasteiger partial charge in [0.1, 0.15) is 0 Å². The standard InChI is InChI=1S/C15H22ClNO3S/c1-4-5-6-7-8-17-15(18)13-9-11(2)12(3)14(10-13)21(16,19)20/h9-10H,4-8H2,1-3H3,(H,17,18). The molecule has 1 N–H and O–H groups in total. The molecular weight excluding hydrogens is 310 g/mol. The summed E-state index contributed by atoms with van der Waals surface area (Å²) in [7, 11) is 1.56. The molecule has 0 saturated carbocycles. The summed E-state index contributed by atoms with van der Waals surface area (Å²) in [5.41, 5.74) is 1.63. The molecule has 0 unspecified atom stereocenters. The number of benzene rings is 1. The second-order valence-corrected chi connectivity index (χ2v) is 7.71. The van der Waals surface area contributed by atoms with Gasteiger partial charge in [-0.15, -0.1) is 0 Å². The predicted molar refractivity (Wildman–Crippen MR) is 85.4 cm³/mol. The van der Waals surface area contributed by atoms with Gasteiger partial charge in [-0.3, -0.25) is 4.79 Å². The minimum atomic E-state index is -3.85. The summed E-state index contributed by atoms with van der Waals surface area (Å²) in [6, 6.07) is 3.02. The smallest absolute Gasteiger partial charge is 0.261 e. The number of amides is 1. The molecule has 0 bridgehead atoms. The molecule has 1 aromatic carbocycles. The molecule has 0 heterocycles. The van der Waals surface area contributed by atoms with Gasteiger partial charge in [0.2, 0.25) is 0 Å². The van der Waals surface area contributed by atoms with Gasteiger partial charge >= 0.3 is 0 Å². The molecule has 0 aromatic heterocycles. The number of carbonyl (C=O) groups excluding carboxylic acids is 1. The number of halogens is 1. The fraction of sp³-hybridized carbons (Fsp3) is 0.533. The quantitative estimate of drug-likeness (QED) is 0.614. The normalized spacial score (nSPS) is 11.4. The van der Waals surface area contributed by atoms with E-state index in [1.54, 1.807) is 19.9 Å². The van der Waals surface area contributed by atoms with Crippen molar-refractivity contribution in [1.82, 2.24) is 5.32 Å². The van der Waals surface area contributed by atoms with Crippen LogP contribution in [0.5, 0.6) is 0 Å². The highest BCUT2D eigenvalue weighted by Crippen LogP contribution is 2.24. The minimum Gasteiger partial charge on any atom is -0.352 e. The molecule has 1 aromatic rings. The van der Waals surface area contributed by atoms with Crippen LogP contribution >= 0.6 is 10.7 Å². The van der Waals surface area contributed by atoms with Crippen LogP contribution < -0.4 is 5.32 Å². The highest BCUT2D eigenvalue weighted by atomic mass is 35.7. The van der Waals surface area contributed by atoms with E-state index in [-0.39, 0.29) is 10.8 Å². The molecule has 0 aliphatic heterocycles. The molecule has 21 heavy (non-hydrogen) atoms. The lowest BCUT2D eigenvalue weighted by molar-refractivity contribution is 0.0952. The minimum absolute atomic E-state index is 0.000277. The first kappa shape index (κ1) is 18.0. The molecule has 1 rings (SSSR count). The van der Waals surface area contributed by atoms with Crippen LogP contribution in [0, 0.1) is 13.8 Å². The third kappa shape index (κ3) is 5.32. The van der Waals surface area contributed by atoms with Gasteiger partial charge in [-0.2, -0.15) is 0 Å². The van der Waals surface area contributed by atoms with Crippen molar-refractivity contribution in [3.05, 3.63) is 28.8 Å². The largest absolute Gasteiger partial charge is 0.352 e. The Morgan fingerprint density at radius 2 is 1.86 bits per heavy atom. The number of hydrogen-bond donors (Lipinski definition) is 1. The van der Waals surface area contributed by atoms with Gasteiger partial charge in [-0.05, 0) is 43.5 Å². The van der Waals surface area contributed by atoms with Crippen LogP contribution in [0.4, 0.5) is 0 Å². The van der Waals surface area contributed by atoms with E-state index in [9.17, 15) is 13.2 Å². The molecule has 0 atom stereocenters. The number of hydrogen-bond acceptors (Lipinski definition) is 3. The van der Waals surface area contributed by atoms with E-state index < -0.39 is 9.05 Å². The summed E-state index contributed by atoms with van der Waals surface area (Å²) < 4.78 is 23.1. The van der Waals surface area contributed by atoms with Gasteiger partial charge < -0.3 is 5.32 Å². The van der Waals surface area contributed by atoms with Crippen molar-refractivity contribution in [3.63, 3.8) is 0 Å². The molecule has 0 saturated heterocycles. The van der Waals surface area contributed by atoms with Gasteiger partial charge in [0.05, 0.1) is 4.90 Å². The maximum absolute atomic E-state index is 12.1. The summed E-state index contributed by atoms with van der Waals surface area (Å²) in [6.07, 6.45) is 4.28. The van der Waals surface area contributed by atoms with Crippen LogP contribution in [-0.4, -0.2) is 20.9 Å². The SMILES string of the molecule is CCCCCCNC(=O)c1cc(C)c(C)c(S(=O)(=O)Cl)c1. The fourth-order valence-corrected chi connectivity index (χ4v) is 3.34. The lowest BCUT2D eigenvalue weighted by Crippen LogP contribution is -2.24. The molecule has 1 amide bonds. The summed E-state index contributed by atoms with van der Waals surface area (Å²) in [4.78, 5) is 12.1. The van der Waals surface area contributed by atoms with E-state index in [4.69, 9.17) is 10.7 Å². The Balaban J connectivity index is 2.84. The zero-order valence-electron chi connectivity index (χ0n) is 12.7. The summed E-state index contributed by atoms with van der Waals surface area (Å²) in [5, 5.41) is 2.81. The van der Waals surface area contributed by atoms with Crippen LogP contribution in [0.25, 0.3) is 0 Å². The van der Waals surface area contributed by atoms with Gasteiger partial charge in [-0.25, -0.2) is 8.42 Å². The monoisotopic (exact) mass is 331 g/mol. The van der Waals surface area contributed by atoms with E-state index in [2.05, 4.69) is 12.2 Å². The first-order chi connectivity index (χ1) is 9.77. The van der Waals surface area contributed by atoms with Crippen molar-refractivity contribution in [2.24, 2.45) is 0 Å². The highest BCUT2D eigenvalue weighted by molar-refractivity contribution is 8.13. The average Bonchev–Trinajstić information content (AvgIpc) is 2.39. The van der Waals surface area contributed by atoms with Crippen LogP contribution in [-0.2, 0) is 9.05 Å². The van der Waals surface area contributed by atoms with E-state index in [1.807, 2.05) is 0 Å². The maximum Gasteiger partial charge on any atom is 0.261 e. The second-order valence-electron chi connectivity index (χ2n) is 5.17. The second kappa shape index (κ2) is 7.80. The summed E-state index contributed by atoms with van der Waals surface area (Å²) in [5.74, 6) is -0.267. The van der Waals surface area contributed by atoms with Crippen LogP contribution in [0.2, 0.25) is 0 Å². The topological polar surface area (TPSA) is 63.2 Å². The first-order valence-electron chi connectivity index (χ1n) is 7.11. The molecular formula is C15H22ClNO3S. The van der Waals surface area contributed by atoms with Gasteiger partial charge in [0.15, 0.2) is 0 Å². The summed E-state index contributed by atoms with van der Waals surface area (Å²) in [6.45, 7) is 6.16. The van der Waals surface area contributed by atoms with Crippen molar-refractivity contribution < 1.29 is 13.2 Å². The van der Waals surface area contributed by atoms with Gasteiger partial charge in [0, 0.05) is 22.8 Å². The average molecular weight is 332 g/mol. The van der Waals surface area contributed by atoms with E-state index in [1.165, 1.54) is 6.07 Å². The maximum atomic E-state index is 12.1. The van der Waals surface area contributed by atoms with Crippen LogP contribution in [0.3, 0.4) is 0 Å². The number of unbranched alkanes of at least 4 members (excludes halogenated alkanes) is 3. The van der Waals surface area contributed by atoms with Crippen LogP contribution in [0.15, 0.2) is 17.0 Å². The Morgan fingerprint density at radius 1 is 1.19 bits per heavy atom. The highest BCUT2D eigenvalue weighted by Gasteiger charge is 2.18. The molecule has 118 valence electrons. The van der Waals surface area contributed by atoms with Crippen LogP contribution in [0.1, 0.15) is 54.1 Å². The molecule has 0 radical (unpaired) electrons. The van der Waals surface area contributed by atoms with Crippen molar-refractivity contribution in [2.45, 2.75) is 51.3 Å². The van der Waals surface area contributed by atoms with Gasteiger partial charge in [0.25, 0.3) is 15.0 Å². The first-order valence-corrected chi connectivity index (χ1v) is 9.42. The lowest BCUT2D eigenvalue weighted by Gasteiger charge is -2.10. The molecule has 4 nitrogen and oxygen atoms in total. The lowest BCUT2D eigenvalue weighted by atomic mass is 10.1. The molecule has 0 aliphatic rings. The zero-order chi connectivity index (χ0) is 16.0. The fourth-order valence-electron chi connectivity index (χ4n) is 2.07. The molecule has 0 spiro atoms. The molecule has 0 fully saturated rings. The Morgan fingerprint density at radius 3 is 2.43 bits per heavy atom. The van der Waals surface area contributed by atoms with Crippen molar-refractivity contribution in [2.75, 3.05) is 6.54 Å². The predicted octanol–water partition coefficient (Wildman–Crippen LogP) is 3.54. The molecule has 6 heteroatoms.